The smallest absolute Gasteiger partial charge is 0.138 e. The quantitative estimate of drug-likeness (QED) is 0.914. The van der Waals surface area contributed by atoms with Gasteiger partial charge in [-0.25, -0.2) is 4.68 Å². The Morgan fingerprint density at radius 2 is 2.22 bits per heavy atom. The molecule has 0 fully saturated rings. The van der Waals surface area contributed by atoms with Gasteiger partial charge in [0.15, 0.2) is 0 Å². The lowest BCUT2D eigenvalue weighted by Gasteiger charge is -2.13. The van der Waals surface area contributed by atoms with Crippen molar-refractivity contribution in [2.24, 2.45) is 0 Å². The summed E-state index contributed by atoms with van der Waals surface area (Å²) in [5.41, 5.74) is 0. The molecular formula is C11H11Cl2N3O2. The Kier molecular flexibility index (Phi) is 4.41. The lowest BCUT2D eigenvalue weighted by atomic mass is 10.3. The topological polar surface area (TPSA) is 60.2 Å². The van der Waals surface area contributed by atoms with Gasteiger partial charge in [0.2, 0.25) is 0 Å². The van der Waals surface area contributed by atoms with Crippen LogP contribution in [0.15, 0.2) is 30.6 Å². The largest absolute Gasteiger partial charge is 0.489 e. The zero-order valence-corrected chi connectivity index (χ0v) is 10.8. The summed E-state index contributed by atoms with van der Waals surface area (Å²) >= 11 is 11.7. The van der Waals surface area contributed by atoms with Crippen LogP contribution in [0.25, 0.3) is 0 Å². The van der Waals surface area contributed by atoms with Crippen molar-refractivity contribution in [3.05, 3.63) is 40.6 Å². The van der Waals surface area contributed by atoms with Crippen molar-refractivity contribution in [2.45, 2.75) is 12.6 Å². The molecule has 96 valence electrons. The van der Waals surface area contributed by atoms with E-state index >= 15 is 0 Å². The molecular weight excluding hydrogens is 277 g/mol. The molecule has 0 bridgehead atoms. The average molecular weight is 288 g/mol. The summed E-state index contributed by atoms with van der Waals surface area (Å²) in [5, 5.41) is 18.1. The van der Waals surface area contributed by atoms with E-state index in [1.54, 1.807) is 30.6 Å². The molecule has 2 rings (SSSR count). The molecule has 0 saturated carbocycles. The van der Waals surface area contributed by atoms with Gasteiger partial charge in [0, 0.05) is 11.2 Å². The number of benzene rings is 1. The fourth-order valence-corrected chi connectivity index (χ4v) is 1.84. The van der Waals surface area contributed by atoms with Gasteiger partial charge in [0.05, 0.1) is 17.8 Å². The Hall–Kier alpha value is -1.30. The molecule has 0 saturated heterocycles. The summed E-state index contributed by atoms with van der Waals surface area (Å²) in [6.45, 7) is 0.423. The van der Waals surface area contributed by atoms with Crippen molar-refractivity contribution < 1.29 is 9.84 Å². The number of nitrogens with zero attached hydrogens (tertiary/aromatic N) is 3. The molecule has 7 heteroatoms. The highest BCUT2D eigenvalue weighted by Crippen LogP contribution is 2.27. The Morgan fingerprint density at radius 3 is 2.89 bits per heavy atom. The molecule has 0 radical (unpaired) electrons. The van der Waals surface area contributed by atoms with E-state index in [0.29, 0.717) is 22.3 Å². The lowest BCUT2D eigenvalue weighted by molar-refractivity contribution is 0.0889. The number of aromatic nitrogens is 3. The predicted octanol–water partition coefficient (Wildman–Crippen LogP) is 2.02. The third-order valence-electron chi connectivity index (χ3n) is 2.19. The summed E-state index contributed by atoms with van der Waals surface area (Å²) in [6, 6.07) is 4.92. The number of hydrogen-bond acceptors (Lipinski definition) is 4. The molecule has 0 amide bonds. The van der Waals surface area contributed by atoms with Crippen molar-refractivity contribution in [1.82, 2.24) is 15.0 Å². The molecule has 1 atom stereocenters. The molecule has 0 aliphatic carbocycles. The van der Waals surface area contributed by atoms with Crippen LogP contribution >= 0.6 is 23.2 Å². The highest BCUT2D eigenvalue weighted by Gasteiger charge is 2.09. The molecule has 5 nitrogen and oxygen atoms in total. The van der Waals surface area contributed by atoms with E-state index in [9.17, 15) is 5.11 Å². The number of aliphatic hydroxyl groups excluding tert-OH is 1. The van der Waals surface area contributed by atoms with E-state index in [4.69, 9.17) is 27.9 Å². The van der Waals surface area contributed by atoms with Crippen molar-refractivity contribution in [3.8, 4) is 5.75 Å². The molecule has 2 aromatic rings. The molecule has 0 aliphatic rings. The van der Waals surface area contributed by atoms with Crippen molar-refractivity contribution in [3.63, 3.8) is 0 Å². The van der Waals surface area contributed by atoms with Crippen LogP contribution in [0.4, 0.5) is 0 Å². The summed E-state index contributed by atoms with van der Waals surface area (Å²) in [5.74, 6) is 0.485. The Bertz CT molecular complexity index is 505. The zero-order chi connectivity index (χ0) is 13.0. The minimum absolute atomic E-state index is 0.112. The van der Waals surface area contributed by atoms with Gasteiger partial charge >= 0.3 is 0 Å². The molecule has 1 aromatic carbocycles. The number of aliphatic hydroxyl groups is 1. The molecule has 1 N–H and O–H groups in total. The van der Waals surface area contributed by atoms with E-state index in [-0.39, 0.29) is 6.61 Å². The van der Waals surface area contributed by atoms with E-state index in [2.05, 4.69) is 10.3 Å². The van der Waals surface area contributed by atoms with Crippen LogP contribution in [0.3, 0.4) is 0 Å². The van der Waals surface area contributed by atoms with Gasteiger partial charge in [-0.3, -0.25) is 0 Å². The van der Waals surface area contributed by atoms with Gasteiger partial charge in [-0.05, 0) is 18.2 Å². The van der Waals surface area contributed by atoms with Crippen LogP contribution in [-0.4, -0.2) is 32.8 Å². The van der Waals surface area contributed by atoms with Crippen molar-refractivity contribution in [2.75, 3.05) is 6.61 Å². The van der Waals surface area contributed by atoms with Crippen LogP contribution in [0, 0.1) is 0 Å². The Morgan fingerprint density at radius 1 is 1.39 bits per heavy atom. The van der Waals surface area contributed by atoms with E-state index in [1.165, 1.54) is 4.68 Å². The number of hydrogen-bond donors (Lipinski definition) is 1. The first-order valence-electron chi connectivity index (χ1n) is 5.25. The molecule has 1 aromatic heterocycles. The molecule has 0 aliphatic heterocycles. The maximum atomic E-state index is 9.75. The van der Waals surface area contributed by atoms with E-state index < -0.39 is 6.10 Å². The van der Waals surface area contributed by atoms with Crippen molar-refractivity contribution >= 4 is 23.2 Å². The minimum Gasteiger partial charge on any atom is -0.489 e. The van der Waals surface area contributed by atoms with Crippen LogP contribution in [-0.2, 0) is 6.54 Å². The summed E-state index contributed by atoms with van der Waals surface area (Å²) < 4.78 is 6.93. The second kappa shape index (κ2) is 6.04. The first-order valence-corrected chi connectivity index (χ1v) is 6.01. The second-order valence-corrected chi connectivity index (χ2v) is 4.51. The Balaban J connectivity index is 1.87. The maximum absolute atomic E-state index is 9.75. The third-order valence-corrected chi connectivity index (χ3v) is 2.73. The number of halogens is 2. The monoisotopic (exact) mass is 287 g/mol. The van der Waals surface area contributed by atoms with Crippen molar-refractivity contribution in [1.29, 1.82) is 0 Å². The predicted molar refractivity (Wildman–Crippen MR) is 68.0 cm³/mol. The average Bonchev–Trinajstić information content (AvgIpc) is 2.80. The molecule has 0 spiro atoms. The molecule has 1 heterocycles. The summed E-state index contributed by atoms with van der Waals surface area (Å²) in [4.78, 5) is 0. The fraction of sp³-hybridized carbons (Fsp3) is 0.273. The van der Waals surface area contributed by atoms with Gasteiger partial charge < -0.3 is 9.84 Å². The second-order valence-electron chi connectivity index (χ2n) is 3.66. The van der Waals surface area contributed by atoms with Gasteiger partial charge in [0.25, 0.3) is 0 Å². The van der Waals surface area contributed by atoms with Gasteiger partial charge in [-0.15, -0.1) is 5.10 Å². The highest BCUT2D eigenvalue weighted by molar-refractivity contribution is 6.35. The lowest BCUT2D eigenvalue weighted by Crippen LogP contribution is -2.24. The third kappa shape index (κ3) is 3.60. The highest BCUT2D eigenvalue weighted by atomic mass is 35.5. The summed E-state index contributed by atoms with van der Waals surface area (Å²) in [6.07, 6.45) is 2.51. The minimum atomic E-state index is -0.696. The number of ether oxygens (including phenoxy) is 1. The fourth-order valence-electron chi connectivity index (χ4n) is 1.38. The first-order chi connectivity index (χ1) is 8.65. The van der Waals surface area contributed by atoms with Gasteiger partial charge in [-0.1, -0.05) is 28.4 Å². The van der Waals surface area contributed by atoms with Gasteiger partial charge in [0.1, 0.15) is 18.5 Å². The Labute approximate surface area is 114 Å². The maximum Gasteiger partial charge on any atom is 0.138 e. The molecule has 1 unspecified atom stereocenters. The number of rotatable bonds is 5. The zero-order valence-electron chi connectivity index (χ0n) is 9.33. The van der Waals surface area contributed by atoms with Crippen LogP contribution in [0.2, 0.25) is 10.0 Å². The normalized spacial score (nSPS) is 12.4. The SMILES string of the molecule is OC(COc1ccc(Cl)cc1Cl)Cn1ccnn1. The van der Waals surface area contributed by atoms with E-state index in [0.717, 1.165) is 0 Å². The van der Waals surface area contributed by atoms with Crippen LogP contribution in [0.5, 0.6) is 5.75 Å². The van der Waals surface area contributed by atoms with Crippen LogP contribution < -0.4 is 4.74 Å². The molecule has 18 heavy (non-hydrogen) atoms. The standard InChI is InChI=1S/C11H11Cl2N3O2/c12-8-1-2-11(10(13)5-8)18-7-9(17)6-16-4-3-14-15-16/h1-5,9,17H,6-7H2. The first kappa shape index (κ1) is 13.1. The summed E-state index contributed by atoms with van der Waals surface area (Å²) in [7, 11) is 0. The van der Waals surface area contributed by atoms with Crippen LogP contribution in [0.1, 0.15) is 0 Å². The van der Waals surface area contributed by atoms with Gasteiger partial charge in [-0.2, -0.15) is 0 Å². The van der Waals surface area contributed by atoms with E-state index in [1.807, 2.05) is 0 Å².